The first-order valence-corrected chi connectivity index (χ1v) is 5.05. The summed E-state index contributed by atoms with van der Waals surface area (Å²) in [5, 5.41) is -1.16. The minimum absolute atomic E-state index is 0.156. The molecule has 0 rings (SSSR count). The Labute approximate surface area is 89.8 Å². The third-order valence-corrected chi connectivity index (χ3v) is 1.90. The zero-order chi connectivity index (χ0) is 11.4. The largest absolute Gasteiger partial charge is 0.465 e. The van der Waals surface area contributed by atoms with Crippen LogP contribution < -0.4 is 0 Å². The van der Waals surface area contributed by atoms with Crippen molar-refractivity contribution in [1.29, 1.82) is 0 Å². The van der Waals surface area contributed by atoms with E-state index in [0.717, 1.165) is 0 Å². The lowest BCUT2D eigenvalue weighted by atomic mass is 9.89. The fraction of sp³-hybridized carbons (Fsp3) is 0.800. The Morgan fingerprint density at radius 1 is 1.36 bits per heavy atom. The molecule has 0 aliphatic heterocycles. The first-order chi connectivity index (χ1) is 6.28. The first kappa shape index (κ1) is 13.4. The first-order valence-electron chi connectivity index (χ1n) is 4.61. The molecule has 0 bridgehead atoms. The molecule has 0 saturated carbocycles. The molecule has 0 N–H and O–H groups in total. The topological polar surface area (TPSA) is 43.4 Å². The van der Waals surface area contributed by atoms with Gasteiger partial charge in [0.15, 0.2) is 11.2 Å². The minimum atomic E-state index is -1.16. The van der Waals surface area contributed by atoms with E-state index < -0.39 is 11.3 Å². The summed E-state index contributed by atoms with van der Waals surface area (Å²) in [5.41, 5.74) is -0.156. The van der Waals surface area contributed by atoms with Gasteiger partial charge < -0.3 is 4.74 Å². The molecule has 0 heterocycles. The highest BCUT2D eigenvalue weighted by Gasteiger charge is 2.28. The second-order valence-corrected chi connectivity index (χ2v) is 4.75. The predicted octanol–water partition coefficient (Wildman–Crippen LogP) is 2.16. The van der Waals surface area contributed by atoms with Crippen LogP contribution in [0.25, 0.3) is 0 Å². The van der Waals surface area contributed by atoms with Gasteiger partial charge in [0.2, 0.25) is 0 Å². The van der Waals surface area contributed by atoms with E-state index in [1.54, 1.807) is 6.92 Å². The maximum Gasteiger partial charge on any atom is 0.331 e. The summed E-state index contributed by atoms with van der Waals surface area (Å²) < 4.78 is 4.65. The maximum absolute atomic E-state index is 11.4. The van der Waals surface area contributed by atoms with Gasteiger partial charge in [-0.1, -0.05) is 20.8 Å². The van der Waals surface area contributed by atoms with Crippen molar-refractivity contribution in [3.05, 3.63) is 0 Å². The van der Waals surface area contributed by atoms with Gasteiger partial charge in [-0.3, -0.25) is 4.79 Å². The smallest absolute Gasteiger partial charge is 0.331 e. The number of carbonyl (C=O) groups is 2. The number of hydrogen-bond donors (Lipinski definition) is 0. The fourth-order valence-corrected chi connectivity index (χ4v) is 1.10. The van der Waals surface area contributed by atoms with Crippen molar-refractivity contribution in [3.63, 3.8) is 0 Å². The number of ketones is 1. The van der Waals surface area contributed by atoms with E-state index in [4.69, 9.17) is 11.6 Å². The molecule has 82 valence electrons. The third-order valence-electron chi connectivity index (χ3n) is 1.48. The average Bonchev–Trinajstić information content (AvgIpc) is 2.00. The van der Waals surface area contributed by atoms with Crippen molar-refractivity contribution in [1.82, 2.24) is 0 Å². The number of ether oxygens (including phenoxy) is 1. The van der Waals surface area contributed by atoms with Crippen LogP contribution >= 0.6 is 11.6 Å². The summed E-state index contributed by atoms with van der Waals surface area (Å²) in [5.74, 6) is -0.930. The Balaban J connectivity index is 4.19. The molecule has 0 aromatic rings. The summed E-state index contributed by atoms with van der Waals surface area (Å²) in [6.45, 7) is 7.67. The highest BCUT2D eigenvalue weighted by molar-refractivity contribution is 6.41. The van der Waals surface area contributed by atoms with E-state index in [-0.39, 0.29) is 24.2 Å². The van der Waals surface area contributed by atoms with Crippen LogP contribution in [-0.2, 0) is 14.3 Å². The monoisotopic (exact) mass is 220 g/mol. The number of halogens is 1. The number of rotatable bonds is 4. The van der Waals surface area contributed by atoms with Crippen molar-refractivity contribution >= 4 is 23.4 Å². The van der Waals surface area contributed by atoms with Crippen molar-refractivity contribution in [2.24, 2.45) is 5.41 Å². The number of alkyl halides is 1. The Kier molecular flexibility index (Phi) is 5.13. The number of esters is 1. The van der Waals surface area contributed by atoms with Gasteiger partial charge in [-0.15, -0.1) is 11.6 Å². The standard InChI is InChI=1S/C10H17ClO3/c1-5-14-9(13)8(11)7(12)6-10(2,3)4/h8H,5-6H2,1-4H3. The second-order valence-electron chi connectivity index (χ2n) is 4.32. The molecule has 0 fully saturated rings. The SMILES string of the molecule is CCOC(=O)C(Cl)C(=O)CC(C)(C)C. The summed E-state index contributed by atoms with van der Waals surface area (Å²) in [6, 6.07) is 0. The maximum atomic E-state index is 11.4. The van der Waals surface area contributed by atoms with Crippen LogP contribution in [0.3, 0.4) is 0 Å². The van der Waals surface area contributed by atoms with E-state index in [9.17, 15) is 9.59 Å². The lowest BCUT2D eigenvalue weighted by molar-refractivity contribution is -0.145. The zero-order valence-corrected chi connectivity index (χ0v) is 9.85. The van der Waals surface area contributed by atoms with Crippen LogP contribution in [0.5, 0.6) is 0 Å². The van der Waals surface area contributed by atoms with Crippen LogP contribution in [0, 0.1) is 5.41 Å². The normalized spacial score (nSPS) is 13.5. The van der Waals surface area contributed by atoms with E-state index in [2.05, 4.69) is 4.74 Å². The molecule has 0 aliphatic rings. The second kappa shape index (κ2) is 5.35. The molecule has 0 aromatic carbocycles. The van der Waals surface area contributed by atoms with E-state index >= 15 is 0 Å². The molecule has 14 heavy (non-hydrogen) atoms. The van der Waals surface area contributed by atoms with Gasteiger partial charge >= 0.3 is 5.97 Å². The van der Waals surface area contributed by atoms with Crippen LogP contribution in [0.4, 0.5) is 0 Å². The van der Waals surface area contributed by atoms with Crippen molar-refractivity contribution in [2.75, 3.05) is 6.61 Å². The number of hydrogen-bond acceptors (Lipinski definition) is 3. The van der Waals surface area contributed by atoms with Gasteiger partial charge in [-0.25, -0.2) is 4.79 Å². The molecule has 4 heteroatoms. The molecule has 1 unspecified atom stereocenters. The molecular formula is C10H17ClO3. The highest BCUT2D eigenvalue weighted by Crippen LogP contribution is 2.21. The Morgan fingerprint density at radius 2 is 1.86 bits per heavy atom. The number of carbonyl (C=O) groups excluding carboxylic acids is 2. The van der Waals surface area contributed by atoms with E-state index in [1.165, 1.54) is 0 Å². The predicted molar refractivity (Wildman–Crippen MR) is 55.4 cm³/mol. The summed E-state index contributed by atoms with van der Waals surface area (Å²) in [6.07, 6.45) is 0.278. The summed E-state index contributed by atoms with van der Waals surface area (Å²) >= 11 is 5.64. The third kappa shape index (κ3) is 5.22. The number of Topliss-reactive ketones (excluding diaryl/α,β-unsaturated/α-hetero) is 1. The Hall–Kier alpha value is -0.570. The molecule has 0 aromatic heterocycles. The van der Waals surface area contributed by atoms with E-state index in [0.29, 0.717) is 0 Å². The van der Waals surface area contributed by atoms with Crippen LogP contribution in [0.2, 0.25) is 0 Å². The summed E-state index contributed by atoms with van der Waals surface area (Å²) in [7, 11) is 0. The molecule has 3 nitrogen and oxygen atoms in total. The van der Waals surface area contributed by atoms with E-state index in [1.807, 2.05) is 20.8 Å². The average molecular weight is 221 g/mol. The minimum Gasteiger partial charge on any atom is -0.465 e. The molecule has 0 spiro atoms. The molecule has 0 radical (unpaired) electrons. The van der Waals surface area contributed by atoms with Crippen molar-refractivity contribution < 1.29 is 14.3 Å². The van der Waals surface area contributed by atoms with Crippen LogP contribution in [0.1, 0.15) is 34.1 Å². The van der Waals surface area contributed by atoms with Crippen molar-refractivity contribution in [2.45, 2.75) is 39.5 Å². The zero-order valence-electron chi connectivity index (χ0n) is 9.09. The fourth-order valence-electron chi connectivity index (χ4n) is 0.959. The molecule has 0 saturated heterocycles. The van der Waals surface area contributed by atoms with Crippen LogP contribution in [-0.4, -0.2) is 23.7 Å². The quantitative estimate of drug-likeness (QED) is 0.414. The molecular weight excluding hydrogens is 204 g/mol. The van der Waals surface area contributed by atoms with Gasteiger partial charge in [0.05, 0.1) is 6.61 Å². The van der Waals surface area contributed by atoms with Gasteiger partial charge in [0.25, 0.3) is 0 Å². The molecule has 0 amide bonds. The lowest BCUT2D eigenvalue weighted by Crippen LogP contribution is -2.29. The van der Waals surface area contributed by atoms with Crippen LogP contribution in [0.15, 0.2) is 0 Å². The van der Waals surface area contributed by atoms with Crippen molar-refractivity contribution in [3.8, 4) is 0 Å². The molecule has 0 aliphatic carbocycles. The molecule has 1 atom stereocenters. The highest BCUT2D eigenvalue weighted by atomic mass is 35.5. The lowest BCUT2D eigenvalue weighted by Gasteiger charge is -2.18. The van der Waals surface area contributed by atoms with Gasteiger partial charge in [0, 0.05) is 6.42 Å². The Bertz CT molecular complexity index is 218. The van der Waals surface area contributed by atoms with Gasteiger partial charge in [0.1, 0.15) is 0 Å². The summed E-state index contributed by atoms with van der Waals surface area (Å²) in [4.78, 5) is 22.5. The van der Waals surface area contributed by atoms with Gasteiger partial charge in [-0.2, -0.15) is 0 Å². The Morgan fingerprint density at radius 3 is 2.21 bits per heavy atom. The van der Waals surface area contributed by atoms with Gasteiger partial charge in [-0.05, 0) is 12.3 Å².